The lowest BCUT2D eigenvalue weighted by Crippen LogP contribution is -2.24. The molecule has 0 radical (unpaired) electrons. The third-order valence-electron chi connectivity index (χ3n) is 1.25. The predicted octanol–water partition coefficient (Wildman–Crippen LogP) is 1.56. The quantitative estimate of drug-likeness (QED) is 0.624. The third kappa shape index (κ3) is 7.47. The second-order valence-corrected chi connectivity index (χ2v) is 3.79. The van der Waals surface area contributed by atoms with Crippen molar-refractivity contribution in [2.24, 2.45) is 5.41 Å². The molecule has 0 saturated heterocycles. The lowest BCUT2D eigenvalue weighted by atomic mass is 9.92. The van der Waals surface area contributed by atoms with Crippen molar-refractivity contribution in [2.45, 2.75) is 34.1 Å². The van der Waals surface area contributed by atoms with Crippen molar-refractivity contribution >= 4 is 5.91 Å². The van der Waals surface area contributed by atoms with Crippen LogP contribution in [0.5, 0.6) is 0 Å². The lowest BCUT2D eigenvalue weighted by Gasteiger charge is -2.17. The summed E-state index contributed by atoms with van der Waals surface area (Å²) in [4.78, 5) is 10.4. The summed E-state index contributed by atoms with van der Waals surface area (Å²) in [5.41, 5.74) is 0.322. The summed E-state index contributed by atoms with van der Waals surface area (Å²) in [7, 11) is 0. The van der Waals surface area contributed by atoms with Crippen LogP contribution >= 0.6 is 0 Å². The molecule has 0 rings (SSSR count). The Hall–Kier alpha value is -0.530. The number of amides is 1. The minimum absolute atomic E-state index is 0.0595. The van der Waals surface area contributed by atoms with E-state index >= 15 is 0 Å². The second kappa shape index (κ2) is 3.59. The van der Waals surface area contributed by atoms with E-state index in [2.05, 4.69) is 26.1 Å². The molecule has 0 unspecified atom stereocenters. The topological polar surface area (TPSA) is 29.1 Å². The Labute approximate surface area is 63.0 Å². The minimum atomic E-state index is 0.0595. The maximum Gasteiger partial charge on any atom is 0.216 e. The Morgan fingerprint density at radius 2 is 1.90 bits per heavy atom. The Balaban J connectivity index is 3.29. The molecule has 0 aliphatic rings. The van der Waals surface area contributed by atoms with Crippen LogP contribution in [0.3, 0.4) is 0 Å². The van der Waals surface area contributed by atoms with Gasteiger partial charge in [0.05, 0.1) is 0 Å². The van der Waals surface area contributed by atoms with Crippen LogP contribution in [0.4, 0.5) is 0 Å². The van der Waals surface area contributed by atoms with Gasteiger partial charge in [0.25, 0.3) is 0 Å². The van der Waals surface area contributed by atoms with Gasteiger partial charge in [-0.15, -0.1) is 0 Å². The van der Waals surface area contributed by atoms with E-state index in [9.17, 15) is 4.79 Å². The summed E-state index contributed by atoms with van der Waals surface area (Å²) in [5, 5.41) is 2.76. The standard InChI is InChI=1S/C8H17NO/c1-7(10)9-6-5-8(2,3)4/h5-6H2,1-4H3,(H,9,10). The highest BCUT2D eigenvalue weighted by Crippen LogP contribution is 2.16. The van der Waals surface area contributed by atoms with Crippen LogP contribution in [0.2, 0.25) is 0 Å². The molecule has 0 fully saturated rings. The van der Waals surface area contributed by atoms with Gasteiger partial charge in [-0.05, 0) is 11.8 Å². The Bertz CT molecular complexity index is 113. The van der Waals surface area contributed by atoms with Crippen LogP contribution in [0.25, 0.3) is 0 Å². The fraction of sp³-hybridized carbons (Fsp3) is 0.875. The van der Waals surface area contributed by atoms with Crippen LogP contribution in [0.15, 0.2) is 0 Å². The molecule has 1 N–H and O–H groups in total. The van der Waals surface area contributed by atoms with Crippen molar-refractivity contribution in [1.82, 2.24) is 5.32 Å². The first kappa shape index (κ1) is 9.47. The van der Waals surface area contributed by atoms with E-state index in [0.29, 0.717) is 5.41 Å². The zero-order chi connectivity index (χ0) is 8.20. The fourth-order valence-electron chi connectivity index (χ4n) is 0.614. The van der Waals surface area contributed by atoms with Crippen molar-refractivity contribution in [1.29, 1.82) is 0 Å². The minimum Gasteiger partial charge on any atom is -0.356 e. The maximum absolute atomic E-state index is 10.4. The fourth-order valence-corrected chi connectivity index (χ4v) is 0.614. The molecule has 0 bridgehead atoms. The van der Waals surface area contributed by atoms with Crippen LogP contribution in [-0.2, 0) is 4.79 Å². The molecule has 0 atom stereocenters. The van der Waals surface area contributed by atoms with E-state index in [-0.39, 0.29) is 5.91 Å². The van der Waals surface area contributed by atoms with Gasteiger partial charge in [0, 0.05) is 13.5 Å². The number of carbonyl (C=O) groups excluding carboxylic acids is 1. The van der Waals surface area contributed by atoms with Gasteiger partial charge in [-0.3, -0.25) is 4.79 Å². The SMILES string of the molecule is CC(=O)NCCC(C)(C)C. The zero-order valence-electron chi connectivity index (χ0n) is 7.32. The van der Waals surface area contributed by atoms with Crippen molar-refractivity contribution in [3.8, 4) is 0 Å². The van der Waals surface area contributed by atoms with Crippen molar-refractivity contribution in [3.05, 3.63) is 0 Å². The van der Waals surface area contributed by atoms with Gasteiger partial charge < -0.3 is 5.32 Å². The molecule has 10 heavy (non-hydrogen) atoms. The first-order chi connectivity index (χ1) is 4.42. The number of rotatable bonds is 2. The highest BCUT2D eigenvalue weighted by molar-refractivity contribution is 5.72. The maximum atomic E-state index is 10.4. The average molecular weight is 143 g/mol. The molecule has 2 nitrogen and oxygen atoms in total. The van der Waals surface area contributed by atoms with Gasteiger partial charge in [-0.1, -0.05) is 20.8 Å². The van der Waals surface area contributed by atoms with Crippen LogP contribution in [0, 0.1) is 5.41 Å². The van der Waals surface area contributed by atoms with Gasteiger partial charge in [-0.25, -0.2) is 0 Å². The first-order valence-electron chi connectivity index (χ1n) is 3.66. The Morgan fingerprint density at radius 1 is 1.40 bits per heavy atom. The summed E-state index contributed by atoms with van der Waals surface area (Å²) in [6.07, 6.45) is 1.03. The molecule has 0 aliphatic heterocycles. The second-order valence-electron chi connectivity index (χ2n) is 3.79. The van der Waals surface area contributed by atoms with E-state index in [0.717, 1.165) is 13.0 Å². The van der Waals surface area contributed by atoms with Crippen molar-refractivity contribution in [3.63, 3.8) is 0 Å². The summed E-state index contributed by atoms with van der Waals surface area (Å²) < 4.78 is 0. The highest BCUT2D eigenvalue weighted by Gasteiger charge is 2.08. The molecule has 2 heteroatoms. The monoisotopic (exact) mass is 143 g/mol. The van der Waals surface area contributed by atoms with E-state index in [1.165, 1.54) is 0 Å². The predicted molar refractivity (Wildman–Crippen MR) is 42.8 cm³/mol. The Morgan fingerprint density at radius 3 is 2.20 bits per heavy atom. The molecule has 0 aromatic carbocycles. The molecule has 0 aromatic rings. The van der Waals surface area contributed by atoms with Crippen LogP contribution in [-0.4, -0.2) is 12.5 Å². The number of carbonyl (C=O) groups is 1. The van der Waals surface area contributed by atoms with Crippen molar-refractivity contribution < 1.29 is 4.79 Å². The molecule has 0 saturated carbocycles. The smallest absolute Gasteiger partial charge is 0.216 e. The third-order valence-corrected chi connectivity index (χ3v) is 1.25. The van der Waals surface area contributed by atoms with Gasteiger partial charge in [0.2, 0.25) is 5.91 Å². The van der Waals surface area contributed by atoms with E-state index in [1.54, 1.807) is 6.92 Å². The largest absolute Gasteiger partial charge is 0.356 e. The van der Waals surface area contributed by atoms with Crippen LogP contribution in [0.1, 0.15) is 34.1 Å². The molecule has 60 valence electrons. The van der Waals surface area contributed by atoms with Gasteiger partial charge in [-0.2, -0.15) is 0 Å². The van der Waals surface area contributed by atoms with E-state index in [4.69, 9.17) is 0 Å². The summed E-state index contributed by atoms with van der Waals surface area (Å²) in [6.45, 7) is 8.82. The van der Waals surface area contributed by atoms with Gasteiger partial charge in [0.15, 0.2) is 0 Å². The van der Waals surface area contributed by atoms with E-state index in [1.807, 2.05) is 0 Å². The zero-order valence-corrected chi connectivity index (χ0v) is 7.32. The Kier molecular flexibility index (Phi) is 3.40. The number of hydrogen-bond acceptors (Lipinski definition) is 1. The highest BCUT2D eigenvalue weighted by atomic mass is 16.1. The number of hydrogen-bond donors (Lipinski definition) is 1. The first-order valence-corrected chi connectivity index (χ1v) is 3.66. The molecule has 0 heterocycles. The molecule has 1 amide bonds. The normalized spacial score (nSPS) is 11.2. The molecule has 0 spiro atoms. The average Bonchev–Trinajstić information content (AvgIpc) is 1.59. The van der Waals surface area contributed by atoms with E-state index < -0.39 is 0 Å². The lowest BCUT2D eigenvalue weighted by molar-refractivity contribution is -0.119. The molecule has 0 aliphatic carbocycles. The van der Waals surface area contributed by atoms with Crippen molar-refractivity contribution in [2.75, 3.05) is 6.54 Å². The number of nitrogens with one attached hydrogen (secondary N) is 1. The van der Waals surface area contributed by atoms with Gasteiger partial charge >= 0.3 is 0 Å². The summed E-state index contributed by atoms with van der Waals surface area (Å²) in [6, 6.07) is 0. The molecule has 0 aromatic heterocycles. The van der Waals surface area contributed by atoms with Crippen LogP contribution < -0.4 is 5.32 Å². The molecular weight excluding hydrogens is 126 g/mol. The molecular formula is C8H17NO. The summed E-state index contributed by atoms with van der Waals surface area (Å²) >= 11 is 0. The van der Waals surface area contributed by atoms with Gasteiger partial charge in [0.1, 0.15) is 0 Å². The summed E-state index contributed by atoms with van der Waals surface area (Å²) in [5.74, 6) is 0.0595.